The molecule has 0 heterocycles. The molecule has 0 aromatic heterocycles. The molecule has 0 atom stereocenters. The second-order valence-electron chi connectivity index (χ2n) is 5.30. The Morgan fingerprint density at radius 3 is 2.44 bits per heavy atom. The van der Waals surface area contributed by atoms with Gasteiger partial charge in [0, 0.05) is 0 Å². The zero-order chi connectivity index (χ0) is 12.8. The van der Waals surface area contributed by atoms with Crippen LogP contribution in [-0.2, 0) is 0 Å². The molecule has 1 aromatic carbocycles. The molecule has 1 aromatic rings. The SMILES string of the molecule is C=C1CCC(c2ccc(OCCCC)cc2)CC1. The molecule has 0 bridgehead atoms. The molecule has 0 amide bonds. The lowest BCUT2D eigenvalue weighted by molar-refractivity contribution is 0.309. The van der Waals surface area contributed by atoms with Crippen LogP contribution in [0.2, 0.25) is 0 Å². The second-order valence-corrected chi connectivity index (χ2v) is 5.30. The van der Waals surface area contributed by atoms with E-state index in [-0.39, 0.29) is 0 Å². The average Bonchev–Trinajstić information content (AvgIpc) is 2.41. The van der Waals surface area contributed by atoms with E-state index >= 15 is 0 Å². The van der Waals surface area contributed by atoms with Crippen LogP contribution in [0.5, 0.6) is 5.75 Å². The highest BCUT2D eigenvalue weighted by molar-refractivity contribution is 5.30. The van der Waals surface area contributed by atoms with Crippen LogP contribution in [0.1, 0.15) is 56.9 Å². The van der Waals surface area contributed by atoms with E-state index in [4.69, 9.17) is 4.74 Å². The zero-order valence-corrected chi connectivity index (χ0v) is 11.5. The van der Waals surface area contributed by atoms with Gasteiger partial charge in [-0.2, -0.15) is 0 Å². The molecule has 1 heteroatoms. The monoisotopic (exact) mass is 244 g/mol. The lowest BCUT2D eigenvalue weighted by Gasteiger charge is -2.23. The molecule has 1 aliphatic rings. The quantitative estimate of drug-likeness (QED) is 0.518. The lowest BCUT2D eigenvalue weighted by Crippen LogP contribution is -2.06. The van der Waals surface area contributed by atoms with Gasteiger partial charge in [0.2, 0.25) is 0 Å². The van der Waals surface area contributed by atoms with E-state index in [1.54, 1.807) is 0 Å². The summed E-state index contributed by atoms with van der Waals surface area (Å²) in [6, 6.07) is 8.71. The highest BCUT2D eigenvalue weighted by atomic mass is 16.5. The second kappa shape index (κ2) is 6.63. The minimum absolute atomic E-state index is 0.722. The average molecular weight is 244 g/mol. The van der Waals surface area contributed by atoms with Crippen LogP contribution in [0.25, 0.3) is 0 Å². The Morgan fingerprint density at radius 1 is 1.17 bits per heavy atom. The summed E-state index contributed by atoms with van der Waals surface area (Å²) < 4.78 is 5.69. The Balaban J connectivity index is 1.89. The van der Waals surface area contributed by atoms with Crippen LogP contribution in [0.3, 0.4) is 0 Å². The molecule has 1 aliphatic carbocycles. The molecule has 1 saturated carbocycles. The van der Waals surface area contributed by atoms with Gasteiger partial charge in [-0.05, 0) is 55.7 Å². The number of benzene rings is 1. The maximum atomic E-state index is 5.69. The highest BCUT2D eigenvalue weighted by Gasteiger charge is 2.17. The van der Waals surface area contributed by atoms with E-state index in [1.807, 2.05) is 0 Å². The number of hydrogen-bond acceptors (Lipinski definition) is 1. The normalized spacial score (nSPS) is 16.8. The first-order valence-corrected chi connectivity index (χ1v) is 7.19. The van der Waals surface area contributed by atoms with Gasteiger partial charge in [0.1, 0.15) is 5.75 Å². The third-order valence-corrected chi connectivity index (χ3v) is 3.81. The van der Waals surface area contributed by atoms with Gasteiger partial charge in [0.25, 0.3) is 0 Å². The highest BCUT2D eigenvalue weighted by Crippen LogP contribution is 2.35. The number of hydrogen-bond donors (Lipinski definition) is 0. The summed E-state index contributed by atoms with van der Waals surface area (Å²) in [7, 11) is 0. The Kier molecular flexibility index (Phi) is 4.86. The van der Waals surface area contributed by atoms with E-state index in [9.17, 15) is 0 Å². The van der Waals surface area contributed by atoms with Crippen molar-refractivity contribution in [1.29, 1.82) is 0 Å². The molecule has 0 unspecified atom stereocenters. The van der Waals surface area contributed by atoms with E-state index in [0.29, 0.717) is 0 Å². The van der Waals surface area contributed by atoms with Crippen LogP contribution in [0.15, 0.2) is 36.4 Å². The van der Waals surface area contributed by atoms with Gasteiger partial charge in [0.05, 0.1) is 6.61 Å². The van der Waals surface area contributed by atoms with Crippen molar-refractivity contribution in [3.8, 4) is 5.75 Å². The van der Waals surface area contributed by atoms with Gasteiger partial charge in [0.15, 0.2) is 0 Å². The smallest absolute Gasteiger partial charge is 0.119 e. The molecule has 98 valence electrons. The first kappa shape index (κ1) is 13.2. The molecule has 18 heavy (non-hydrogen) atoms. The first-order chi connectivity index (χ1) is 8.79. The van der Waals surface area contributed by atoms with Crippen molar-refractivity contribution in [2.75, 3.05) is 6.61 Å². The molecule has 1 nitrogen and oxygen atoms in total. The van der Waals surface area contributed by atoms with Gasteiger partial charge in [-0.15, -0.1) is 0 Å². The third kappa shape index (κ3) is 3.63. The summed E-state index contributed by atoms with van der Waals surface area (Å²) in [5, 5.41) is 0. The van der Waals surface area contributed by atoms with E-state index in [0.717, 1.165) is 24.7 Å². The molecule has 2 rings (SSSR count). The van der Waals surface area contributed by atoms with Gasteiger partial charge < -0.3 is 4.74 Å². The largest absolute Gasteiger partial charge is 0.494 e. The maximum absolute atomic E-state index is 5.69. The molecule has 1 fully saturated rings. The lowest BCUT2D eigenvalue weighted by atomic mass is 9.82. The molecule has 0 spiro atoms. The number of ether oxygens (including phenoxy) is 1. The van der Waals surface area contributed by atoms with Crippen LogP contribution in [0.4, 0.5) is 0 Å². The summed E-state index contributed by atoms with van der Waals surface area (Å²) in [5.41, 5.74) is 2.89. The van der Waals surface area contributed by atoms with Crippen LogP contribution >= 0.6 is 0 Å². The van der Waals surface area contributed by atoms with Crippen molar-refractivity contribution in [2.45, 2.75) is 51.4 Å². The molecular formula is C17H24O. The number of rotatable bonds is 5. The fraction of sp³-hybridized carbons (Fsp3) is 0.529. The molecule has 0 N–H and O–H groups in total. The fourth-order valence-corrected chi connectivity index (χ4v) is 2.53. The topological polar surface area (TPSA) is 9.23 Å². The van der Waals surface area contributed by atoms with Crippen LogP contribution < -0.4 is 4.74 Å². The Morgan fingerprint density at radius 2 is 1.83 bits per heavy atom. The first-order valence-electron chi connectivity index (χ1n) is 7.19. The summed E-state index contributed by atoms with van der Waals surface area (Å²) in [4.78, 5) is 0. The molecule has 0 aliphatic heterocycles. The van der Waals surface area contributed by atoms with E-state index in [2.05, 4.69) is 37.8 Å². The van der Waals surface area contributed by atoms with Crippen molar-refractivity contribution >= 4 is 0 Å². The molecule has 0 saturated heterocycles. The van der Waals surface area contributed by atoms with E-state index in [1.165, 1.54) is 43.2 Å². The third-order valence-electron chi connectivity index (χ3n) is 3.81. The van der Waals surface area contributed by atoms with Crippen molar-refractivity contribution in [1.82, 2.24) is 0 Å². The van der Waals surface area contributed by atoms with Crippen molar-refractivity contribution in [2.24, 2.45) is 0 Å². The molecular weight excluding hydrogens is 220 g/mol. The summed E-state index contributed by atoms with van der Waals surface area (Å²) in [6.07, 6.45) is 7.22. The molecule has 0 radical (unpaired) electrons. The van der Waals surface area contributed by atoms with Crippen LogP contribution in [0, 0.1) is 0 Å². The van der Waals surface area contributed by atoms with Gasteiger partial charge in [-0.3, -0.25) is 0 Å². The maximum Gasteiger partial charge on any atom is 0.119 e. The fourth-order valence-electron chi connectivity index (χ4n) is 2.53. The van der Waals surface area contributed by atoms with Crippen molar-refractivity contribution < 1.29 is 4.74 Å². The van der Waals surface area contributed by atoms with Crippen LogP contribution in [-0.4, -0.2) is 6.61 Å². The zero-order valence-electron chi connectivity index (χ0n) is 11.5. The predicted molar refractivity (Wildman–Crippen MR) is 77.2 cm³/mol. The summed E-state index contributed by atoms with van der Waals surface area (Å²) in [6.45, 7) is 7.09. The number of allylic oxidation sites excluding steroid dienone is 1. The Hall–Kier alpha value is -1.24. The summed E-state index contributed by atoms with van der Waals surface area (Å²) >= 11 is 0. The summed E-state index contributed by atoms with van der Waals surface area (Å²) in [5.74, 6) is 1.73. The van der Waals surface area contributed by atoms with E-state index < -0.39 is 0 Å². The van der Waals surface area contributed by atoms with Gasteiger partial charge >= 0.3 is 0 Å². The number of unbranched alkanes of at least 4 members (excludes halogenated alkanes) is 1. The standard InChI is InChI=1S/C17H24O/c1-3-4-13-18-17-11-9-16(10-12-17)15-7-5-14(2)6-8-15/h9-12,15H,2-8,13H2,1H3. The van der Waals surface area contributed by atoms with Gasteiger partial charge in [-0.25, -0.2) is 0 Å². The minimum atomic E-state index is 0.722. The van der Waals surface area contributed by atoms with Crippen molar-refractivity contribution in [3.05, 3.63) is 42.0 Å². The van der Waals surface area contributed by atoms with Crippen molar-refractivity contribution in [3.63, 3.8) is 0 Å². The Labute approximate surface area is 111 Å². The minimum Gasteiger partial charge on any atom is -0.494 e. The Bertz CT molecular complexity index is 367. The predicted octanol–water partition coefficient (Wildman–Crippen LogP) is 5.08. The van der Waals surface area contributed by atoms with Gasteiger partial charge in [-0.1, -0.05) is 37.6 Å².